The third-order valence-corrected chi connectivity index (χ3v) is 5.13. The van der Waals surface area contributed by atoms with Crippen molar-refractivity contribution in [1.29, 1.82) is 0 Å². The molecule has 0 saturated carbocycles. The Balaban J connectivity index is 1.81. The molecule has 1 unspecified atom stereocenters. The van der Waals surface area contributed by atoms with Gasteiger partial charge in [-0.25, -0.2) is 4.39 Å². The molecule has 0 saturated heterocycles. The number of halogens is 1. The third-order valence-electron chi connectivity index (χ3n) is 5.13. The van der Waals surface area contributed by atoms with Gasteiger partial charge in [0.15, 0.2) is 0 Å². The van der Waals surface area contributed by atoms with Crippen LogP contribution in [0, 0.1) is 5.82 Å². The number of hydrogen-bond acceptors (Lipinski definition) is 2. The lowest BCUT2D eigenvalue weighted by Crippen LogP contribution is -2.44. The van der Waals surface area contributed by atoms with Gasteiger partial charge in [0, 0.05) is 12.0 Å². The first-order valence-corrected chi connectivity index (χ1v) is 8.87. The van der Waals surface area contributed by atoms with Crippen molar-refractivity contribution in [3.05, 3.63) is 65.5 Å². The molecule has 1 N–H and O–H groups in total. The van der Waals surface area contributed by atoms with E-state index in [1.807, 2.05) is 24.3 Å². The Kier molecular flexibility index (Phi) is 5.07. The van der Waals surface area contributed by atoms with E-state index in [2.05, 4.69) is 19.2 Å². The van der Waals surface area contributed by atoms with Crippen LogP contribution in [0.5, 0.6) is 5.75 Å². The van der Waals surface area contributed by atoms with Gasteiger partial charge in [0.1, 0.15) is 17.2 Å². The maximum Gasteiger partial charge on any atom is 0.225 e. The molecule has 3 nitrogen and oxygen atoms in total. The van der Waals surface area contributed by atoms with E-state index in [0.717, 1.165) is 30.6 Å². The zero-order valence-electron chi connectivity index (χ0n) is 14.7. The first kappa shape index (κ1) is 17.5. The normalized spacial score (nSPS) is 18.1. The van der Waals surface area contributed by atoms with Gasteiger partial charge < -0.3 is 10.1 Å². The molecule has 4 heteroatoms. The molecule has 0 aromatic heterocycles. The van der Waals surface area contributed by atoms with Crippen molar-refractivity contribution < 1.29 is 13.9 Å². The van der Waals surface area contributed by atoms with Crippen LogP contribution in [0.4, 0.5) is 4.39 Å². The highest BCUT2D eigenvalue weighted by Crippen LogP contribution is 2.42. The van der Waals surface area contributed by atoms with Crippen LogP contribution in [0.25, 0.3) is 0 Å². The van der Waals surface area contributed by atoms with Crippen LogP contribution in [0.2, 0.25) is 0 Å². The largest absolute Gasteiger partial charge is 0.487 e. The number of rotatable bonds is 5. The first-order chi connectivity index (χ1) is 12.1. The Morgan fingerprint density at radius 2 is 1.84 bits per heavy atom. The molecule has 0 bridgehead atoms. The fourth-order valence-corrected chi connectivity index (χ4v) is 3.49. The monoisotopic (exact) mass is 341 g/mol. The Labute approximate surface area is 148 Å². The van der Waals surface area contributed by atoms with Crippen molar-refractivity contribution in [3.63, 3.8) is 0 Å². The smallest absolute Gasteiger partial charge is 0.225 e. The van der Waals surface area contributed by atoms with Gasteiger partial charge in [0.25, 0.3) is 0 Å². The lowest BCUT2D eigenvalue weighted by atomic mass is 9.83. The van der Waals surface area contributed by atoms with E-state index >= 15 is 0 Å². The van der Waals surface area contributed by atoms with Gasteiger partial charge >= 0.3 is 0 Å². The standard InChI is InChI=1S/C21H24FNO2/c1-3-21(4-2)14-18(16-10-6-8-12-19(16)25-21)23-20(24)13-15-9-5-7-11-17(15)22/h5-12,18H,3-4,13-14H2,1-2H3,(H,23,24). The number of carbonyl (C=O) groups is 1. The minimum absolute atomic E-state index is 0.0391. The second-order valence-corrected chi connectivity index (χ2v) is 6.62. The number of carbonyl (C=O) groups excluding carboxylic acids is 1. The maximum absolute atomic E-state index is 13.8. The van der Waals surface area contributed by atoms with Crippen LogP contribution >= 0.6 is 0 Å². The summed E-state index contributed by atoms with van der Waals surface area (Å²) in [4.78, 5) is 12.5. The molecule has 1 atom stereocenters. The summed E-state index contributed by atoms with van der Waals surface area (Å²) in [5.74, 6) is 0.308. The summed E-state index contributed by atoms with van der Waals surface area (Å²) in [6.07, 6.45) is 2.51. The summed E-state index contributed by atoms with van der Waals surface area (Å²) in [5, 5.41) is 3.09. The van der Waals surface area contributed by atoms with Gasteiger partial charge in [-0.05, 0) is 30.5 Å². The quantitative estimate of drug-likeness (QED) is 0.865. The zero-order chi connectivity index (χ0) is 17.9. The molecule has 1 amide bonds. The molecular formula is C21H24FNO2. The molecule has 2 aromatic carbocycles. The average molecular weight is 341 g/mol. The van der Waals surface area contributed by atoms with E-state index < -0.39 is 0 Å². The highest BCUT2D eigenvalue weighted by Gasteiger charge is 2.38. The van der Waals surface area contributed by atoms with Crippen molar-refractivity contribution in [2.75, 3.05) is 0 Å². The summed E-state index contributed by atoms with van der Waals surface area (Å²) in [6.45, 7) is 4.21. The Morgan fingerprint density at radius 3 is 2.56 bits per heavy atom. The van der Waals surface area contributed by atoms with Crippen LogP contribution < -0.4 is 10.1 Å². The van der Waals surface area contributed by atoms with Gasteiger partial charge in [-0.2, -0.15) is 0 Å². The molecular weight excluding hydrogens is 317 g/mol. The summed E-state index contributed by atoms with van der Waals surface area (Å²) in [5.41, 5.74) is 1.13. The van der Waals surface area contributed by atoms with Crippen molar-refractivity contribution >= 4 is 5.91 Å². The van der Waals surface area contributed by atoms with Crippen LogP contribution in [-0.4, -0.2) is 11.5 Å². The van der Waals surface area contributed by atoms with E-state index in [-0.39, 0.29) is 29.8 Å². The number of fused-ring (bicyclic) bond motifs is 1. The number of amides is 1. The molecule has 132 valence electrons. The molecule has 3 rings (SSSR count). The Morgan fingerprint density at radius 1 is 1.16 bits per heavy atom. The van der Waals surface area contributed by atoms with Crippen molar-refractivity contribution in [2.24, 2.45) is 0 Å². The second-order valence-electron chi connectivity index (χ2n) is 6.62. The summed E-state index contributed by atoms with van der Waals surface area (Å²) in [6, 6.07) is 14.1. The molecule has 0 spiro atoms. The SMILES string of the molecule is CCC1(CC)CC(NC(=O)Cc2ccccc2F)c2ccccc2O1. The fourth-order valence-electron chi connectivity index (χ4n) is 3.49. The number of hydrogen-bond donors (Lipinski definition) is 1. The summed E-state index contributed by atoms with van der Waals surface area (Å²) >= 11 is 0. The van der Waals surface area contributed by atoms with Crippen molar-refractivity contribution in [3.8, 4) is 5.75 Å². The van der Waals surface area contributed by atoms with Crippen LogP contribution in [0.3, 0.4) is 0 Å². The molecule has 0 fully saturated rings. The number of benzene rings is 2. The molecule has 0 aliphatic carbocycles. The van der Waals surface area contributed by atoms with E-state index in [1.54, 1.807) is 18.2 Å². The molecule has 25 heavy (non-hydrogen) atoms. The van der Waals surface area contributed by atoms with Crippen molar-refractivity contribution in [1.82, 2.24) is 5.32 Å². The Hall–Kier alpha value is -2.36. The highest BCUT2D eigenvalue weighted by molar-refractivity contribution is 5.79. The van der Waals surface area contributed by atoms with Gasteiger partial charge in [0.2, 0.25) is 5.91 Å². The lowest BCUT2D eigenvalue weighted by Gasteiger charge is -2.41. The number of para-hydroxylation sites is 1. The van der Waals surface area contributed by atoms with E-state index in [9.17, 15) is 9.18 Å². The van der Waals surface area contributed by atoms with E-state index in [4.69, 9.17) is 4.74 Å². The fraction of sp³-hybridized carbons (Fsp3) is 0.381. The molecule has 1 aliphatic heterocycles. The predicted molar refractivity (Wildman–Crippen MR) is 96.0 cm³/mol. The van der Waals surface area contributed by atoms with Gasteiger partial charge in [-0.1, -0.05) is 50.2 Å². The molecule has 1 heterocycles. The summed E-state index contributed by atoms with van der Waals surface area (Å²) in [7, 11) is 0. The molecule has 0 radical (unpaired) electrons. The van der Waals surface area contributed by atoms with Gasteiger partial charge in [0.05, 0.1) is 12.5 Å². The minimum atomic E-state index is -0.346. The van der Waals surface area contributed by atoms with Gasteiger partial charge in [-0.3, -0.25) is 4.79 Å². The first-order valence-electron chi connectivity index (χ1n) is 8.87. The molecule has 2 aromatic rings. The average Bonchev–Trinajstić information content (AvgIpc) is 2.63. The van der Waals surface area contributed by atoms with Crippen LogP contribution in [0.15, 0.2) is 48.5 Å². The number of nitrogens with one attached hydrogen (secondary N) is 1. The van der Waals surface area contributed by atoms with Crippen LogP contribution in [-0.2, 0) is 11.2 Å². The zero-order valence-corrected chi connectivity index (χ0v) is 14.7. The van der Waals surface area contributed by atoms with E-state index in [0.29, 0.717) is 5.56 Å². The predicted octanol–water partition coefficient (Wildman–Crippen LogP) is 4.57. The minimum Gasteiger partial charge on any atom is -0.487 e. The maximum atomic E-state index is 13.8. The van der Waals surface area contributed by atoms with Crippen molar-refractivity contribution in [2.45, 2.75) is 51.2 Å². The second kappa shape index (κ2) is 7.26. The molecule has 1 aliphatic rings. The number of ether oxygens (including phenoxy) is 1. The topological polar surface area (TPSA) is 38.3 Å². The third kappa shape index (κ3) is 3.68. The van der Waals surface area contributed by atoms with Gasteiger partial charge in [-0.15, -0.1) is 0 Å². The Bertz CT molecular complexity index is 755. The lowest BCUT2D eigenvalue weighted by molar-refractivity contribution is -0.121. The summed E-state index contributed by atoms with van der Waals surface area (Å²) < 4.78 is 20.1. The highest BCUT2D eigenvalue weighted by atomic mass is 19.1. The van der Waals surface area contributed by atoms with E-state index in [1.165, 1.54) is 6.07 Å². The van der Waals surface area contributed by atoms with Crippen LogP contribution in [0.1, 0.15) is 50.3 Å².